The van der Waals surface area contributed by atoms with E-state index >= 15 is 0 Å². The van der Waals surface area contributed by atoms with Crippen molar-refractivity contribution in [2.24, 2.45) is 0 Å². The molecular formula is C13H30O2Sn2. The maximum absolute atomic E-state index is 5.77. The van der Waals surface area contributed by atoms with E-state index in [4.69, 9.17) is 6.15 Å². The Morgan fingerprint density at radius 2 is 1.47 bits per heavy atom. The summed E-state index contributed by atoms with van der Waals surface area (Å²) >= 11 is 0.0514. The van der Waals surface area contributed by atoms with Crippen molar-refractivity contribution in [1.29, 1.82) is 0 Å². The third kappa shape index (κ3) is 17.5. The third-order valence-corrected chi connectivity index (χ3v) is 6.85. The van der Waals surface area contributed by atoms with Crippen LogP contribution in [-0.2, 0) is 6.15 Å². The number of unbranched alkanes of at least 4 members (excludes halogenated alkanes) is 7. The number of hydrogen-bond acceptors (Lipinski definition) is 2. The molecule has 2 radical (unpaired) electrons. The second-order valence-corrected chi connectivity index (χ2v) is 9.28. The standard InChI is InChI=1S/C10H21O.C3H6O.2Sn.3H/c1-2-3-4-5-6-7-8-9-10-11;1-2-3-4;;;;;/h2-10H2,1H3;1-3H2;;;;;/q2*-1;2*+1;;;. The minimum absolute atomic E-state index is 0.641. The van der Waals surface area contributed by atoms with Crippen LogP contribution >= 0.6 is 0 Å². The predicted octanol–water partition coefficient (Wildman–Crippen LogP) is 2.87. The first kappa shape index (κ1) is 18.5. The molecule has 0 aliphatic heterocycles. The third-order valence-electron chi connectivity index (χ3n) is 2.84. The molecule has 0 aliphatic carbocycles. The minimum atomic E-state index is -0.641. The summed E-state index contributed by atoms with van der Waals surface area (Å²) in [5.41, 5.74) is 0. The van der Waals surface area contributed by atoms with Gasteiger partial charge in [-0.05, 0) is 0 Å². The summed E-state index contributed by atoms with van der Waals surface area (Å²) in [4.78, 5) is 0. The Balaban J connectivity index is 2.85. The van der Waals surface area contributed by atoms with E-state index in [0.29, 0.717) is 22.9 Å². The van der Waals surface area contributed by atoms with Crippen LogP contribution in [0.3, 0.4) is 0 Å². The molecule has 0 bridgehead atoms. The van der Waals surface area contributed by atoms with Crippen LogP contribution in [0.25, 0.3) is 0 Å². The second-order valence-electron chi connectivity index (χ2n) is 4.56. The van der Waals surface area contributed by atoms with Gasteiger partial charge < -0.3 is 0 Å². The molecule has 0 aromatic heterocycles. The molecular weight excluding hydrogens is 426 g/mol. The summed E-state index contributed by atoms with van der Waals surface area (Å²) < 4.78 is 12.3. The topological polar surface area (TPSA) is 18.5 Å². The molecule has 2 nitrogen and oxygen atoms in total. The van der Waals surface area contributed by atoms with Crippen molar-refractivity contribution >= 4 is 44.5 Å². The van der Waals surface area contributed by atoms with E-state index in [1.54, 1.807) is 0 Å². The Bertz CT molecular complexity index is 121. The number of rotatable bonds is 14. The zero-order valence-electron chi connectivity index (χ0n) is 11.6. The van der Waals surface area contributed by atoms with Crippen LogP contribution in [0, 0.1) is 0 Å². The van der Waals surface area contributed by atoms with Gasteiger partial charge in [0.15, 0.2) is 0 Å². The van der Waals surface area contributed by atoms with E-state index in [1.807, 2.05) is 0 Å². The van der Waals surface area contributed by atoms with Gasteiger partial charge in [-0.25, -0.2) is 0 Å². The predicted molar refractivity (Wildman–Crippen MR) is 79.6 cm³/mol. The molecule has 0 fully saturated rings. The first-order chi connectivity index (χ1) is 8.41. The van der Waals surface area contributed by atoms with Crippen LogP contribution < -0.4 is 0 Å². The van der Waals surface area contributed by atoms with Crippen molar-refractivity contribution in [3.8, 4) is 0 Å². The van der Waals surface area contributed by atoms with E-state index < -0.39 is 21.6 Å². The van der Waals surface area contributed by atoms with Crippen LogP contribution in [0.2, 0.25) is 4.44 Å². The van der Waals surface area contributed by atoms with Crippen LogP contribution in [0.15, 0.2) is 0 Å². The van der Waals surface area contributed by atoms with Crippen LogP contribution in [0.1, 0.15) is 64.7 Å². The van der Waals surface area contributed by atoms with Gasteiger partial charge >= 0.3 is 133 Å². The fourth-order valence-electron chi connectivity index (χ4n) is 1.75. The van der Waals surface area contributed by atoms with E-state index in [-0.39, 0.29) is 0 Å². The normalized spacial score (nSPS) is 10.9. The van der Waals surface area contributed by atoms with Crippen molar-refractivity contribution in [3.05, 3.63) is 0 Å². The maximum atomic E-state index is 5.77. The van der Waals surface area contributed by atoms with Gasteiger partial charge in [0.2, 0.25) is 0 Å². The molecule has 0 aromatic rings. The van der Waals surface area contributed by atoms with E-state index in [2.05, 4.69) is 6.92 Å². The molecule has 17 heavy (non-hydrogen) atoms. The fraction of sp³-hybridized carbons (Fsp3) is 1.00. The molecule has 0 heterocycles. The van der Waals surface area contributed by atoms with Gasteiger partial charge in [0, 0.05) is 0 Å². The van der Waals surface area contributed by atoms with Crippen molar-refractivity contribution < 1.29 is 6.15 Å². The summed E-state index contributed by atoms with van der Waals surface area (Å²) in [6.07, 6.45) is 12.4. The Morgan fingerprint density at radius 1 is 0.824 bits per heavy atom. The van der Waals surface area contributed by atoms with Gasteiger partial charge in [-0.15, -0.1) is 0 Å². The van der Waals surface area contributed by atoms with Crippen LogP contribution in [0.5, 0.6) is 0 Å². The monoisotopic (exact) mass is 458 g/mol. The molecule has 0 N–H and O–H groups in total. The average molecular weight is 456 g/mol. The Kier molecular flexibility index (Phi) is 19.1. The van der Waals surface area contributed by atoms with Gasteiger partial charge in [-0.3, -0.25) is 0 Å². The van der Waals surface area contributed by atoms with Gasteiger partial charge in [0.25, 0.3) is 0 Å². The van der Waals surface area contributed by atoms with Crippen molar-refractivity contribution in [2.45, 2.75) is 69.1 Å². The first-order valence-electron chi connectivity index (χ1n) is 7.22. The van der Waals surface area contributed by atoms with Gasteiger partial charge in [-0.1, -0.05) is 0 Å². The Hall–Kier alpha value is 1.52. The second kappa shape index (κ2) is 17.5. The zero-order chi connectivity index (χ0) is 12.6. The van der Waals surface area contributed by atoms with Crippen molar-refractivity contribution in [2.75, 3.05) is 13.2 Å². The Labute approximate surface area is 132 Å². The molecule has 0 saturated carbocycles. The van der Waals surface area contributed by atoms with Gasteiger partial charge in [-0.2, -0.15) is 0 Å². The first-order valence-corrected chi connectivity index (χ1v) is 12.5. The fourth-order valence-corrected chi connectivity index (χ4v) is 4.72. The van der Waals surface area contributed by atoms with E-state index in [9.17, 15) is 0 Å². The molecule has 4 heteroatoms. The SMILES string of the molecule is CCCCCCCCCC[O][SnH][CH2]CC[O][SnH2]. The Morgan fingerprint density at radius 3 is 2.12 bits per heavy atom. The van der Waals surface area contributed by atoms with Crippen LogP contribution in [-0.4, -0.2) is 57.7 Å². The average Bonchev–Trinajstić information content (AvgIpc) is 2.35. The molecule has 0 atom stereocenters. The van der Waals surface area contributed by atoms with Gasteiger partial charge in [0.1, 0.15) is 0 Å². The summed E-state index contributed by atoms with van der Waals surface area (Å²) in [6.45, 7) is 4.30. The van der Waals surface area contributed by atoms with Gasteiger partial charge in [0.05, 0.1) is 0 Å². The molecule has 102 valence electrons. The molecule has 0 saturated heterocycles. The molecule has 0 aliphatic rings. The van der Waals surface area contributed by atoms with E-state index in [0.717, 1.165) is 13.2 Å². The summed E-state index contributed by atoms with van der Waals surface area (Å²) in [5.74, 6) is 0. The van der Waals surface area contributed by atoms with Crippen LogP contribution in [0.4, 0.5) is 0 Å². The zero-order valence-corrected chi connectivity index (χ0v) is 18.9. The summed E-state index contributed by atoms with van der Waals surface area (Å²) in [6, 6.07) is 0. The van der Waals surface area contributed by atoms with Crippen molar-refractivity contribution in [3.63, 3.8) is 0 Å². The van der Waals surface area contributed by atoms with Crippen molar-refractivity contribution in [1.82, 2.24) is 0 Å². The molecule has 0 amide bonds. The molecule has 0 aromatic carbocycles. The molecule has 0 spiro atoms. The molecule has 0 unspecified atom stereocenters. The summed E-state index contributed by atoms with van der Waals surface area (Å²) in [5, 5.41) is 0. The quantitative estimate of drug-likeness (QED) is 0.296. The van der Waals surface area contributed by atoms with E-state index in [1.165, 1.54) is 62.2 Å². The molecule has 0 rings (SSSR count). The summed E-state index contributed by atoms with van der Waals surface area (Å²) in [7, 11) is 0. The number of hydrogen-bond donors (Lipinski definition) is 0.